The summed E-state index contributed by atoms with van der Waals surface area (Å²) in [4.78, 5) is 25.1. The highest BCUT2D eigenvalue weighted by Gasteiger charge is 2.23. The van der Waals surface area contributed by atoms with Gasteiger partial charge in [-0.25, -0.2) is 15.0 Å². The Kier molecular flexibility index (Phi) is 5.28. The summed E-state index contributed by atoms with van der Waals surface area (Å²) in [5.41, 5.74) is 3.98. The summed E-state index contributed by atoms with van der Waals surface area (Å²) in [7, 11) is 0. The van der Waals surface area contributed by atoms with Crippen LogP contribution in [0.15, 0.2) is 55.0 Å². The Balaban J connectivity index is 1.41. The molecule has 1 aliphatic carbocycles. The molecule has 0 saturated heterocycles. The van der Waals surface area contributed by atoms with Gasteiger partial charge in [0, 0.05) is 30.7 Å². The number of amides is 1. The Bertz CT molecular complexity index is 949. The first-order chi connectivity index (χ1) is 13.7. The number of pyridine rings is 1. The zero-order chi connectivity index (χ0) is 19.3. The molecule has 1 fully saturated rings. The van der Waals surface area contributed by atoms with E-state index in [1.807, 2.05) is 12.1 Å². The van der Waals surface area contributed by atoms with Crippen LogP contribution >= 0.6 is 0 Å². The lowest BCUT2D eigenvalue weighted by molar-refractivity contribution is 0.102. The molecule has 1 aliphatic rings. The maximum Gasteiger partial charge on any atom is 0.259 e. The molecule has 6 nitrogen and oxygen atoms in total. The molecule has 2 N–H and O–H groups in total. The lowest BCUT2D eigenvalue weighted by Crippen LogP contribution is -2.14. The number of nitrogens with zero attached hydrogens (tertiary/aromatic N) is 3. The zero-order valence-electron chi connectivity index (χ0n) is 15.9. The molecular formula is C22H23N5O. The predicted octanol–water partition coefficient (Wildman–Crippen LogP) is 4.49. The quantitative estimate of drug-likeness (QED) is 0.638. The molecule has 1 amide bonds. The van der Waals surface area contributed by atoms with Crippen molar-refractivity contribution >= 4 is 17.7 Å². The van der Waals surface area contributed by atoms with Crippen LogP contribution in [0.1, 0.15) is 48.0 Å². The van der Waals surface area contributed by atoms with E-state index in [0.717, 1.165) is 30.0 Å². The highest BCUT2D eigenvalue weighted by Crippen LogP contribution is 2.41. The van der Waals surface area contributed by atoms with E-state index in [1.165, 1.54) is 30.8 Å². The van der Waals surface area contributed by atoms with E-state index in [0.29, 0.717) is 17.3 Å². The summed E-state index contributed by atoms with van der Waals surface area (Å²) in [5, 5.41) is 5.87. The monoisotopic (exact) mass is 373 g/mol. The third kappa shape index (κ3) is 4.34. The number of hydrogen-bond donors (Lipinski definition) is 2. The minimum atomic E-state index is -0.280. The number of anilines is 2. The van der Waals surface area contributed by atoms with Crippen molar-refractivity contribution in [3.8, 4) is 11.1 Å². The molecule has 4 rings (SSSR count). The number of hydrogen-bond acceptors (Lipinski definition) is 5. The maximum atomic E-state index is 12.4. The van der Waals surface area contributed by atoms with Crippen LogP contribution in [-0.2, 0) is 0 Å². The first-order valence-electron chi connectivity index (χ1n) is 9.66. The largest absolute Gasteiger partial charge is 0.354 e. The summed E-state index contributed by atoms with van der Waals surface area (Å²) in [5.74, 6) is 1.46. The number of aromatic nitrogens is 3. The summed E-state index contributed by atoms with van der Waals surface area (Å²) in [6.45, 7) is 2.86. The number of rotatable bonds is 7. The van der Waals surface area contributed by atoms with Crippen LogP contribution in [0, 0.1) is 0 Å². The van der Waals surface area contributed by atoms with E-state index >= 15 is 0 Å². The van der Waals surface area contributed by atoms with Crippen LogP contribution in [0.2, 0.25) is 0 Å². The van der Waals surface area contributed by atoms with Gasteiger partial charge in [-0.2, -0.15) is 0 Å². The second kappa shape index (κ2) is 8.17. The second-order valence-corrected chi connectivity index (χ2v) is 7.01. The van der Waals surface area contributed by atoms with Crippen molar-refractivity contribution in [2.24, 2.45) is 0 Å². The number of nitrogens with one attached hydrogen (secondary N) is 2. The van der Waals surface area contributed by atoms with Gasteiger partial charge in [-0.3, -0.25) is 4.79 Å². The van der Waals surface area contributed by atoms with Crippen LogP contribution in [0.5, 0.6) is 0 Å². The molecule has 28 heavy (non-hydrogen) atoms. The summed E-state index contributed by atoms with van der Waals surface area (Å²) in [6, 6.07) is 12.4. The third-order valence-electron chi connectivity index (χ3n) is 4.72. The van der Waals surface area contributed by atoms with Gasteiger partial charge < -0.3 is 10.6 Å². The average molecular weight is 373 g/mol. The summed E-state index contributed by atoms with van der Waals surface area (Å²) in [6.07, 6.45) is 8.36. The van der Waals surface area contributed by atoms with Crippen molar-refractivity contribution in [1.29, 1.82) is 0 Å². The van der Waals surface area contributed by atoms with Gasteiger partial charge in [-0.05, 0) is 48.4 Å². The molecule has 3 aromatic rings. The first-order valence-corrected chi connectivity index (χ1v) is 9.66. The minimum absolute atomic E-state index is 0.280. The van der Waals surface area contributed by atoms with Gasteiger partial charge >= 0.3 is 0 Å². The molecule has 2 aromatic heterocycles. The van der Waals surface area contributed by atoms with Gasteiger partial charge in [0.2, 0.25) is 5.95 Å². The average Bonchev–Trinajstić information content (AvgIpc) is 3.59. The standard InChI is InChI=1S/C22H23N5O/c1-2-10-23-22-25-13-19(14-26-22)21(28)27-20-9-8-18(12-24-20)17-5-3-4-16(11-17)15-6-7-15/h3-5,8-9,11-15H,2,6-7,10H2,1H3,(H,23,25,26)(H,24,27,28). The molecular weight excluding hydrogens is 350 g/mol. The van der Waals surface area contributed by atoms with Crippen LogP contribution in [0.25, 0.3) is 11.1 Å². The van der Waals surface area contributed by atoms with Gasteiger partial charge in [0.25, 0.3) is 5.91 Å². The predicted molar refractivity (Wildman–Crippen MR) is 110 cm³/mol. The summed E-state index contributed by atoms with van der Waals surface area (Å²) >= 11 is 0. The normalized spacial score (nSPS) is 13.2. The lowest BCUT2D eigenvalue weighted by Gasteiger charge is -2.08. The van der Waals surface area contributed by atoms with Crippen molar-refractivity contribution in [2.75, 3.05) is 17.2 Å². The zero-order valence-corrected chi connectivity index (χ0v) is 15.9. The van der Waals surface area contributed by atoms with Crippen LogP contribution in [0.3, 0.4) is 0 Å². The van der Waals surface area contributed by atoms with E-state index in [1.54, 1.807) is 6.20 Å². The second-order valence-electron chi connectivity index (χ2n) is 7.01. The van der Waals surface area contributed by atoms with Crippen molar-refractivity contribution in [1.82, 2.24) is 15.0 Å². The Labute approximate surface area is 164 Å². The maximum absolute atomic E-state index is 12.4. The fourth-order valence-electron chi connectivity index (χ4n) is 2.99. The SMILES string of the molecule is CCCNc1ncc(C(=O)Nc2ccc(-c3cccc(C4CC4)c3)cn2)cn1. The van der Waals surface area contributed by atoms with Crippen molar-refractivity contribution in [2.45, 2.75) is 32.1 Å². The number of carbonyl (C=O) groups excluding carboxylic acids is 1. The molecule has 142 valence electrons. The Morgan fingerprint density at radius 2 is 1.86 bits per heavy atom. The van der Waals surface area contributed by atoms with Gasteiger partial charge in [-0.1, -0.05) is 31.2 Å². The molecule has 0 atom stereocenters. The van der Waals surface area contributed by atoms with E-state index < -0.39 is 0 Å². The number of carbonyl (C=O) groups is 1. The fraction of sp³-hybridized carbons (Fsp3) is 0.273. The van der Waals surface area contributed by atoms with Gasteiger partial charge in [0.15, 0.2) is 0 Å². The minimum Gasteiger partial charge on any atom is -0.354 e. The molecule has 0 spiro atoms. The number of benzene rings is 1. The van der Waals surface area contributed by atoms with E-state index in [9.17, 15) is 4.79 Å². The highest BCUT2D eigenvalue weighted by molar-refractivity contribution is 6.03. The van der Waals surface area contributed by atoms with Crippen molar-refractivity contribution in [3.63, 3.8) is 0 Å². The Morgan fingerprint density at radius 1 is 1.04 bits per heavy atom. The molecule has 1 aromatic carbocycles. The van der Waals surface area contributed by atoms with E-state index in [4.69, 9.17) is 0 Å². The molecule has 1 saturated carbocycles. The van der Waals surface area contributed by atoms with Crippen LogP contribution < -0.4 is 10.6 Å². The van der Waals surface area contributed by atoms with Gasteiger partial charge in [-0.15, -0.1) is 0 Å². The van der Waals surface area contributed by atoms with Crippen molar-refractivity contribution < 1.29 is 4.79 Å². The third-order valence-corrected chi connectivity index (χ3v) is 4.72. The van der Waals surface area contributed by atoms with Gasteiger partial charge in [0.05, 0.1) is 5.56 Å². The van der Waals surface area contributed by atoms with Crippen LogP contribution in [-0.4, -0.2) is 27.4 Å². The summed E-state index contributed by atoms with van der Waals surface area (Å²) < 4.78 is 0. The highest BCUT2D eigenvalue weighted by atomic mass is 16.1. The topological polar surface area (TPSA) is 79.8 Å². The van der Waals surface area contributed by atoms with Crippen LogP contribution in [0.4, 0.5) is 11.8 Å². The Morgan fingerprint density at radius 3 is 2.54 bits per heavy atom. The molecule has 0 radical (unpaired) electrons. The lowest BCUT2D eigenvalue weighted by atomic mass is 10.0. The molecule has 0 unspecified atom stereocenters. The molecule has 0 aliphatic heterocycles. The Hall–Kier alpha value is -3.28. The van der Waals surface area contributed by atoms with E-state index in [2.05, 4.69) is 56.8 Å². The molecule has 2 heterocycles. The molecule has 0 bridgehead atoms. The smallest absolute Gasteiger partial charge is 0.259 e. The van der Waals surface area contributed by atoms with Crippen molar-refractivity contribution in [3.05, 3.63) is 66.1 Å². The van der Waals surface area contributed by atoms with Gasteiger partial charge in [0.1, 0.15) is 5.82 Å². The molecule has 6 heteroatoms. The fourth-order valence-corrected chi connectivity index (χ4v) is 2.99. The first kappa shape index (κ1) is 18.1. The van der Waals surface area contributed by atoms with E-state index in [-0.39, 0.29) is 5.91 Å².